The highest BCUT2D eigenvalue weighted by atomic mass is 35.5. The third kappa shape index (κ3) is 2.75. The maximum Gasteiger partial charge on any atom is 0.136 e. The topological polar surface area (TPSA) is 21.6 Å². The standard InChI is InChI=1S/C9H11Cl2NO/c1-6-3-4-12-8(10)5-7(13-2)9(6)11/h4-6H,3H2,1-2H3/b8-5-,9-7-,12-4+/t6-/m1/s1. The van der Waals surface area contributed by atoms with Crippen molar-refractivity contribution in [1.82, 2.24) is 0 Å². The molecule has 1 heterocycles. The molecule has 0 radical (unpaired) electrons. The van der Waals surface area contributed by atoms with Crippen LogP contribution in [0.5, 0.6) is 0 Å². The molecule has 0 N–H and O–H groups in total. The number of nitrogens with zero attached hydrogens (tertiary/aromatic N) is 1. The third-order valence-corrected chi connectivity index (χ3v) is 2.58. The van der Waals surface area contributed by atoms with Crippen molar-refractivity contribution >= 4 is 29.4 Å². The number of methoxy groups -OCH3 is 1. The lowest BCUT2D eigenvalue weighted by Crippen LogP contribution is -2.02. The molecule has 0 amide bonds. The van der Waals surface area contributed by atoms with Crippen molar-refractivity contribution in [3.8, 4) is 0 Å². The molecular formula is C9H11Cl2NO. The molecule has 1 rings (SSSR count). The number of hydrogen-bond acceptors (Lipinski definition) is 2. The summed E-state index contributed by atoms with van der Waals surface area (Å²) in [5, 5.41) is 1.08. The molecule has 0 aromatic heterocycles. The summed E-state index contributed by atoms with van der Waals surface area (Å²) in [5.74, 6) is 0.817. The van der Waals surface area contributed by atoms with Crippen LogP contribution < -0.4 is 0 Å². The van der Waals surface area contributed by atoms with E-state index in [0.29, 0.717) is 15.9 Å². The Balaban J connectivity index is 3.05. The van der Waals surface area contributed by atoms with Crippen molar-refractivity contribution in [2.75, 3.05) is 7.11 Å². The Kier molecular flexibility index (Phi) is 3.82. The lowest BCUT2D eigenvalue weighted by atomic mass is 10.1. The summed E-state index contributed by atoms with van der Waals surface area (Å²) in [7, 11) is 1.57. The lowest BCUT2D eigenvalue weighted by molar-refractivity contribution is 0.300. The second kappa shape index (κ2) is 4.68. The van der Waals surface area contributed by atoms with Gasteiger partial charge in [-0.1, -0.05) is 30.1 Å². The van der Waals surface area contributed by atoms with Gasteiger partial charge in [-0.25, -0.2) is 4.99 Å². The van der Waals surface area contributed by atoms with Gasteiger partial charge in [0.15, 0.2) is 0 Å². The molecule has 0 aliphatic carbocycles. The van der Waals surface area contributed by atoms with Crippen molar-refractivity contribution < 1.29 is 4.74 Å². The molecule has 0 saturated carbocycles. The van der Waals surface area contributed by atoms with Crippen LogP contribution >= 0.6 is 23.2 Å². The predicted molar refractivity (Wildman–Crippen MR) is 56.1 cm³/mol. The summed E-state index contributed by atoms with van der Waals surface area (Å²) in [6.45, 7) is 2.01. The highest BCUT2D eigenvalue weighted by Gasteiger charge is 2.13. The van der Waals surface area contributed by atoms with Gasteiger partial charge in [-0.3, -0.25) is 0 Å². The van der Waals surface area contributed by atoms with Crippen LogP contribution in [0.1, 0.15) is 13.3 Å². The molecule has 1 aliphatic heterocycles. The summed E-state index contributed by atoms with van der Waals surface area (Å²) in [6.07, 6.45) is 4.16. The van der Waals surface area contributed by atoms with Gasteiger partial charge in [-0.15, -0.1) is 0 Å². The molecule has 0 fully saturated rings. The molecule has 0 spiro atoms. The van der Waals surface area contributed by atoms with Gasteiger partial charge in [0.1, 0.15) is 10.9 Å². The summed E-state index contributed by atoms with van der Waals surface area (Å²) in [5.41, 5.74) is 0. The van der Waals surface area contributed by atoms with E-state index in [1.807, 2.05) is 6.92 Å². The predicted octanol–water partition coefficient (Wildman–Crippen LogP) is 3.27. The molecule has 0 aromatic carbocycles. The SMILES string of the molecule is COC1=C(\Cl)[C@H](C)C/C=N/C(Cl)=C\1. The summed E-state index contributed by atoms with van der Waals surface area (Å²) >= 11 is 11.8. The van der Waals surface area contributed by atoms with Crippen LogP contribution in [0.3, 0.4) is 0 Å². The van der Waals surface area contributed by atoms with Crippen LogP contribution in [-0.4, -0.2) is 13.3 Å². The average molecular weight is 220 g/mol. The minimum atomic E-state index is 0.224. The van der Waals surface area contributed by atoms with E-state index < -0.39 is 0 Å². The van der Waals surface area contributed by atoms with Gasteiger partial charge in [0.2, 0.25) is 0 Å². The van der Waals surface area contributed by atoms with E-state index in [0.717, 1.165) is 6.42 Å². The molecule has 4 heteroatoms. The zero-order chi connectivity index (χ0) is 9.84. The number of hydrogen-bond donors (Lipinski definition) is 0. The van der Waals surface area contributed by atoms with Gasteiger partial charge in [0.05, 0.1) is 12.1 Å². The molecule has 1 aliphatic rings. The van der Waals surface area contributed by atoms with Crippen LogP contribution in [-0.2, 0) is 4.74 Å². The first-order chi connectivity index (χ1) is 6.15. The van der Waals surface area contributed by atoms with E-state index in [2.05, 4.69) is 4.99 Å². The first kappa shape index (κ1) is 10.6. The minimum Gasteiger partial charge on any atom is -0.495 e. The summed E-state index contributed by atoms with van der Waals surface area (Å²) in [6, 6.07) is 0. The Labute approximate surface area is 87.9 Å². The molecule has 0 saturated heterocycles. The normalized spacial score (nSPS) is 35.7. The van der Waals surface area contributed by atoms with E-state index in [4.69, 9.17) is 27.9 Å². The molecule has 1 atom stereocenters. The quantitative estimate of drug-likeness (QED) is 0.621. The van der Waals surface area contributed by atoms with Gasteiger partial charge >= 0.3 is 0 Å². The van der Waals surface area contributed by atoms with Crippen molar-refractivity contribution in [3.63, 3.8) is 0 Å². The maximum atomic E-state index is 6.07. The molecule has 0 aromatic rings. The Hall–Kier alpha value is -0.470. The molecule has 0 unspecified atom stereocenters. The van der Waals surface area contributed by atoms with E-state index in [1.54, 1.807) is 19.4 Å². The largest absolute Gasteiger partial charge is 0.495 e. The Morgan fingerprint density at radius 3 is 2.85 bits per heavy atom. The molecule has 2 nitrogen and oxygen atoms in total. The first-order valence-electron chi connectivity index (χ1n) is 3.98. The van der Waals surface area contributed by atoms with E-state index in [-0.39, 0.29) is 5.92 Å². The van der Waals surface area contributed by atoms with Gasteiger partial charge < -0.3 is 4.74 Å². The van der Waals surface area contributed by atoms with Gasteiger partial charge in [0.25, 0.3) is 0 Å². The lowest BCUT2D eigenvalue weighted by Gasteiger charge is -2.12. The summed E-state index contributed by atoms with van der Waals surface area (Å²) in [4.78, 5) is 4.00. The van der Waals surface area contributed by atoms with Crippen LogP contribution in [0.4, 0.5) is 0 Å². The molecular weight excluding hydrogens is 209 g/mol. The zero-order valence-corrected chi connectivity index (χ0v) is 9.06. The number of allylic oxidation sites excluding steroid dienone is 2. The third-order valence-electron chi connectivity index (χ3n) is 1.81. The fourth-order valence-corrected chi connectivity index (χ4v) is 1.40. The van der Waals surface area contributed by atoms with Crippen molar-refractivity contribution in [2.24, 2.45) is 10.9 Å². The van der Waals surface area contributed by atoms with Crippen molar-refractivity contribution in [3.05, 3.63) is 22.0 Å². The molecule has 0 bridgehead atoms. The highest BCUT2D eigenvalue weighted by Crippen LogP contribution is 2.26. The minimum absolute atomic E-state index is 0.224. The smallest absolute Gasteiger partial charge is 0.136 e. The second-order valence-electron chi connectivity index (χ2n) is 2.83. The Bertz CT molecular complexity index is 281. The number of halogens is 2. The van der Waals surface area contributed by atoms with Crippen molar-refractivity contribution in [2.45, 2.75) is 13.3 Å². The van der Waals surface area contributed by atoms with Crippen LogP contribution in [0.2, 0.25) is 0 Å². The fourth-order valence-electron chi connectivity index (χ4n) is 1.02. The van der Waals surface area contributed by atoms with Crippen molar-refractivity contribution in [1.29, 1.82) is 0 Å². The van der Waals surface area contributed by atoms with Crippen LogP contribution in [0.25, 0.3) is 0 Å². The maximum absolute atomic E-state index is 6.07. The highest BCUT2D eigenvalue weighted by molar-refractivity contribution is 6.31. The number of aliphatic imine (C=N–C) groups is 1. The van der Waals surface area contributed by atoms with E-state index >= 15 is 0 Å². The van der Waals surface area contributed by atoms with E-state index in [1.165, 1.54) is 0 Å². The Morgan fingerprint density at radius 1 is 1.54 bits per heavy atom. The van der Waals surface area contributed by atoms with Gasteiger partial charge in [-0.05, 0) is 6.42 Å². The average Bonchev–Trinajstić information content (AvgIpc) is 2.11. The fraction of sp³-hybridized carbons (Fsp3) is 0.444. The van der Waals surface area contributed by atoms with E-state index in [9.17, 15) is 0 Å². The monoisotopic (exact) mass is 219 g/mol. The molecule has 72 valence electrons. The molecule has 13 heavy (non-hydrogen) atoms. The second-order valence-corrected chi connectivity index (χ2v) is 3.63. The number of ether oxygens (including phenoxy) is 1. The van der Waals surface area contributed by atoms with Crippen LogP contribution in [0.15, 0.2) is 27.0 Å². The summed E-state index contributed by atoms with van der Waals surface area (Å²) < 4.78 is 5.09. The van der Waals surface area contributed by atoms with Gasteiger partial charge in [0, 0.05) is 18.2 Å². The number of rotatable bonds is 1. The first-order valence-corrected chi connectivity index (χ1v) is 4.74. The Morgan fingerprint density at radius 2 is 2.23 bits per heavy atom. The zero-order valence-electron chi connectivity index (χ0n) is 7.55. The van der Waals surface area contributed by atoms with Crippen LogP contribution in [0, 0.1) is 5.92 Å². The van der Waals surface area contributed by atoms with Gasteiger partial charge in [-0.2, -0.15) is 0 Å².